The van der Waals surface area contributed by atoms with Crippen LogP contribution >= 0.6 is 34.1 Å². The van der Waals surface area contributed by atoms with Gasteiger partial charge in [0.1, 0.15) is 0 Å². The molecule has 0 bridgehead atoms. The number of hydrogen-bond acceptors (Lipinski definition) is 0. The average molecular weight is 1620 g/mol. The molecule has 4 saturated carbocycles. The second-order valence-corrected chi connectivity index (χ2v) is 52.9. The van der Waals surface area contributed by atoms with Gasteiger partial charge in [0.15, 0.2) is 0 Å². The van der Waals surface area contributed by atoms with Gasteiger partial charge in [-0.15, -0.1) is 0 Å². The fourth-order valence-corrected chi connectivity index (χ4v) is 36.9. The third-order valence-corrected chi connectivity index (χ3v) is 39.5. The Bertz CT molecular complexity index is 3270. The van der Waals surface area contributed by atoms with Crippen LogP contribution in [0.1, 0.15) is 208 Å². The van der Waals surface area contributed by atoms with Crippen LogP contribution in [0.2, 0.25) is 46.8 Å². The van der Waals surface area contributed by atoms with Gasteiger partial charge >= 0.3 is 75.7 Å². The van der Waals surface area contributed by atoms with Gasteiger partial charge in [0, 0.05) is 0 Å². The molecular weight excluding hydrogens is 1490 g/mol. The summed E-state index contributed by atoms with van der Waals surface area (Å²) in [5.41, 5.74) is 22.1. The van der Waals surface area contributed by atoms with Crippen LogP contribution in [0.3, 0.4) is 0 Å². The molecular formula is C92H132Cl4Si2Zr2. The molecule has 4 aromatic carbocycles. The predicted molar refractivity (Wildman–Crippen MR) is 450 cm³/mol. The predicted octanol–water partition coefficient (Wildman–Crippen LogP) is 29.9. The summed E-state index contributed by atoms with van der Waals surface area (Å²) in [5.74, 6) is 8.50. The standard InChI is InChI=1S/2C44H60Si.4CH3.4ClH.2Zr/c1-11-26-45(10,41-29(2)27-39-35(14-12-16-37(39)41)31-18-22-33(23-19-31)43(4,5)6)42-30(3)28-40-36(15-13-17-38(40)42)32-20-24-34(25-21-32)44(7,8)9;1-11-45(12-2,41-29(3)27-39-35(15-13-17-37(39)41)31-19-23-33(24-20-31)43(5,6)7)42-30(4)28-40-36(16-14-18-38(40)42)32-21-25-34(26-22-32)44(8,9)10;;;;;;;;;;/h12-25,29-30,37-42H,11,26-28H2,1-10H3;13-26,29-30,37-42H,11-12,27-28H2,1-10H3;4*1H3;4*1H;;/q;;4*-1;;;;;2*+4/p-4. The molecule has 8 aliphatic rings. The van der Waals surface area contributed by atoms with E-state index in [4.69, 9.17) is 34.1 Å². The molecule has 544 valence electrons. The van der Waals surface area contributed by atoms with E-state index in [2.05, 4.69) is 308 Å². The molecule has 100 heavy (non-hydrogen) atoms. The van der Waals surface area contributed by atoms with Gasteiger partial charge in [0.2, 0.25) is 0 Å². The monoisotopic (exact) mass is 1610 g/mol. The van der Waals surface area contributed by atoms with Crippen LogP contribution in [0.15, 0.2) is 170 Å². The van der Waals surface area contributed by atoms with Crippen LogP contribution in [-0.4, -0.2) is 16.1 Å². The molecule has 4 fully saturated rings. The van der Waals surface area contributed by atoms with E-state index in [1.54, 1.807) is 22.3 Å². The molecule has 0 spiro atoms. The van der Waals surface area contributed by atoms with Gasteiger partial charge in [-0.3, -0.25) is 0 Å². The second-order valence-electron chi connectivity index (χ2n) is 35.4. The van der Waals surface area contributed by atoms with Crippen molar-refractivity contribution in [3.8, 4) is 0 Å². The van der Waals surface area contributed by atoms with E-state index in [0.717, 1.165) is 45.8 Å². The van der Waals surface area contributed by atoms with Gasteiger partial charge in [-0.05, 0) is 207 Å². The van der Waals surface area contributed by atoms with Crippen molar-refractivity contribution in [2.75, 3.05) is 0 Å². The zero-order chi connectivity index (χ0) is 70.0. The normalized spacial score (nSPS) is 29.0. The maximum absolute atomic E-state index is 4.93. The van der Waals surface area contributed by atoms with Crippen LogP contribution in [0.5, 0.6) is 0 Å². The molecule has 0 saturated heterocycles. The Morgan fingerprint density at radius 1 is 0.350 bits per heavy atom. The van der Waals surface area contributed by atoms with Gasteiger partial charge in [-0.25, -0.2) is 0 Å². The first-order chi connectivity index (χ1) is 45.4. The topological polar surface area (TPSA) is 0 Å². The Kier molecular flexibility index (Phi) is 32.7. The van der Waals surface area contributed by atoms with Gasteiger partial charge < -0.3 is 29.7 Å². The first-order valence-electron chi connectivity index (χ1n) is 37.3. The summed E-state index contributed by atoms with van der Waals surface area (Å²) >= 11 is -1.65. The van der Waals surface area contributed by atoms with Crippen molar-refractivity contribution in [1.82, 2.24) is 0 Å². The Labute approximate surface area is 654 Å². The summed E-state index contributed by atoms with van der Waals surface area (Å²) in [6.07, 6.45) is 36.9. The molecule has 0 radical (unpaired) electrons. The molecule has 8 heteroatoms. The quantitative estimate of drug-likeness (QED) is 0.0980. The zero-order valence-corrected chi connectivity index (χ0v) is 76.5. The summed E-state index contributed by atoms with van der Waals surface area (Å²) in [7, 11) is 16.3. The van der Waals surface area contributed by atoms with E-state index in [1.165, 1.54) is 94.7 Å². The first kappa shape index (κ1) is 88.8. The summed E-state index contributed by atoms with van der Waals surface area (Å²) in [5, 5.41) is 0. The van der Waals surface area contributed by atoms with Gasteiger partial charge in [0.05, 0.1) is 16.1 Å². The third-order valence-electron chi connectivity index (χ3n) is 25.8. The minimum absolute atomic E-state index is 0. The first-order valence-corrected chi connectivity index (χ1v) is 55.4. The Morgan fingerprint density at radius 3 is 0.740 bits per heavy atom. The van der Waals surface area contributed by atoms with Crippen molar-refractivity contribution in [1.29, 1.82) is 0 Å². The molecule has 16 atom stereocenters. The van der Waals surface area contributed by atoms with E-state index in [0.29, 0.717) is 47.3 Å². The molecule has 0 heterocycles. The summed E-state index contributed by atoms with van der Waals surface area (Å²) < 4.78 is 0. The Balaban J connectivity index is 0.000000322. The summed E-state index contributed by atoms with van der Waals surface area (Å²) in [6, 6.07) is 42.7. The SMILES string of the molecule is CCC[Si](C)(C1C(C)CC2C(c3ccc(C(C)(C)C)cc3)=CC=CC21)C1C(C)CC2C(c3ccc(C(C)(C)C)cc3)=CC=CC21.CC[Si](CC)(C1C(C)CC2C(c3ccc(C(C)(C)C)cc3)=CC=CC21)C1C(C)CC2C(c3ccc(C(C)(C)C)cc3)=CC=CC21.[CH3-].[CH3-].[CH3-].[CH3-].[Cl][Zr+2][Cl].[Cl][Zr+2][Cl]. The number of hydrogen-bond donors (Lipinski definition) is 0. The molecule has 0 aromatic heterocycles. The number of rotatable bonds is 12. The minimum atomic E-state index is -1.71. The fourth-order valence-electron chi connectivity index (χ4n) is 21.8. The molecule has 0 nitrogen and oxygen atoms in total. The molecule has 12 rings (SSSR count). The number of fused-ring (bicyclic) bond motifs is 4. The van der Waals surface area contributed by atoms with Crippen molar-refractivity contribution in [3.05, 3.63) is 244 Å². The fraction of sp³-hybridized carbons (Fsp3) is 0.522. The van der Waals surface area contributed by atoms with E-state index in [-0.39, 0.29) is 51.4 Å². The van der Waals surface area contributed by atoms with Crippen LogP contribution in [0.4, 0.5) is 0 Å². The summed E-state index contributed by atoms with van der Waals surface area (Å²) in [4.78, 5) is 0. The van der Waals surface area contributed by atoms with Crippen molar-refractivity contribution < 1.29 is 41.7 Å². The van der Waals surface area contributed by atoms with Gasteiger partial charge in [0.25, 0.3) is 0 Å². The van der Waals surface area contributed by atoms with Crippen molar-refractivity contribution in [2.24, 2.45) is 71.0 Å². The van der Waals surface area contributed by atoms with Crippen LogP contribution in [-0.2, 0) is 63.4 Å². The van der Waals surface area contributed by atoms with Crippen LogP contribution in [0.25, 0.3) is 22.3 Å². The van der Waals surface area contributed by atoms with Gasteiger partial charge in [-0.2, -0.15) is 0 Å². The average Bonchev–Trinajstić information content (AvgIpc) is 1.55. The van der Waals surface area contributed by atoms with Crippen molar-refractivity contribution in [2.45, 2.75) is 232 Å². The number of allylic oxidation sites excluding steroid dienone is 16. The molecule has 8 aliphatic carbocycles. The summed E-state index contributed by atoms with van der Waals surface area (Å²) in [6.45, 7) is 48.9. The molecule has 4 aromatic rings. The van der Waals surface area contributed by atoms with E-state index in [1.807, 2.05) is 0 Å². The molecule has 0 aliphatic heterocycles. The van der Waals surface area contributed by atoms with Crippen LogP contribution in [0, 0.1) is 101 Å². The van der Waals surface area contributed by atoms with Crippen LogP contribution < -0.4 is 0 Å². The van der Waals surface area contributed by atoms with E-state index < -0.39 is 57.8 Å². The van der Waals surface area contributed by atoms with E-state index >= 15 is 0 Å². The van der Waals surface area contributed by atoms with Crippen molar-refractivity contribution >= 4 is 72.5 Å². The zero-order valence-electron chi connectivity index (χ0n) is 66.6. The van der Waals surface area contributed by atoms with Gasteiger partial charge in [-0.1, -0.05) is 333 Å². The molecule has 0 N–H and O–H groups in total. The van der Waals surface area contributed by atoms with Crippen molar-refractivity contribution in [3.63, 3.8) is 0 Å². The Morgan fingerprint density at radius 2 is 0.550 bits per heavy atom. The number of benzene rings is 4. The second kappa shape index (κ2) is 36.8. The maximum atomic E-state index is 4.93. The number of halogens is 4. The van der Waals surface area contributed by atoms with E-state index in [9.17, 15) is 0 Å². The Hall–Kier alpha value is -1.84. The third kappa shape index (κ3) is 18.6. The molecule has 0 amide bonds. The molecule has 16 unspecified atom stereocenters.